The second kappa shape index (κ2) is 7.27. The van der Waals surface area contributed by atoms with Crippen LogP contribution in [0.25, 0.3) is 0 Å². The molecule has 0 radical (unpaired) electrons. The van der Waals surface area contributed by atoms with Gasteiger partial charge in [-0.3, -0.25) is 0 Å². The molecule has 0 rings (SSSR count). The summed E-state index contributed by atoms with van der Waals surface area (Å²) in [7, 11) is 1.62. The Kier molecular flexibility index (Phi) is 7.25. The van der Waals surface area contributed by atoms with Crippen LogP contribution >= 0.6 is 22.6 Å². The summed E-state index contributed by atoms with van der Waals surface area (Å²) >= 11 is 2.27. The summed E-state index contributed by atoms with van der Waals surface area (Å²) in [5.41, 5.74) is -0.452. The van der Waals surface area contributed by atoms with Gasteiger partial charge in [0.15, 0.2) is 0 Å². The third kappa shape index (κ3) is 8.92. The van der Waals surface area contributed by atoms with Gasteiger partial charge in [-0.25, -0.2) is 4.79 Å². The number of halogens is 1. The number of carbonyl (C=O) groups excluding carboxylic acids is 1. The van der Waals surface area contributed by atoms with Gasteiger partial charge in [-0.1, -0.05) is 22.6 Å². The summed E-state index contributed by atoms with van der Waals surface area (Å²) < 4.78 is 11.1. The lowest BCUT2D eigenvalue weighted by molar-refractivity contribution is 0.0468. The average Bonchev–Trinajstić information content (AvgIpc) is 2.00. The largest absolute Gasteiger partial charge is 0.444 e. The SMILES string of the molecule is COCC(CCI)NC(=O)OC(C)(C)C. The highest BCUT2D eigenvalue weighted by molar-refractivity contribution is 14.1. The molecule has 0 aliphatic carbocycles. The van der Waals surface area contributed by atoms with E-state index in [-0.39, 0.29) is 12.1 Å². The van der Waals surface area contributed by atoms with Crippen LogP contribution in [0.1, 0.15) is 27.2 Å². The molecule has 0 fully saturated rings. The Hall–Kier alpha value is -0.0400. The van der Waals surface area contributed by atoms with Gasteiger partial charge >= 0.3 is 6.09 Å². The molecule has 0 heterocycles. The van der Waals surface area contributed by atoms with Crippen LogP contribution in [0.5, 0.6) is 0 Å². The van der Waals surface area contributed by atoms with Crippen molar-refractivity contribution < 1.29 is 14.3 Å². The lowest BCUT2D eigenvalue weighted by Gasteiger charge is -2.23. The molecule has 1 N–H and O–H groups in total. The molecule has 0 aromatic heterocycles. The maximum absolute atomic E-state index is 11.4. The fourth-order valence-electron chi connectivity index (χ4n) is 1.00. The van der Waals surface area contributed by atoms with Crippen molar-refractivity contribution in [2.75, 3.05) is 18.1 Å². The van der Waals surface area contributed by atoms with Crippen molar-refractivity contribution in [1.29, 1.82) is 0 Å². The second-order valence-corrected chi connectivity index (χ2v) is 5.35. The number of alkyl carbamates (subject to hydrolysis) is 1. The number of alkyl halides is 1. The molecule has 90 valence electrons. The standard InChI is InChI=1S/C10H20INO3/c1-10(2,3)15-9(13)12-8(5-6-11)7-14-4/h8H,5-7H2,1-4H3,(H,12,13). The fourth-order valence-corrected chi connectivity index (χ4v) is 1.76. The van der Waals surface area contributed by atoms with E-state index >= 15 is 0 Å². The van der Waals surface area contributed by atoms with Gasteiger partial charge in [0.2, 0.25) is 0 Å². The van der Waals surface area contributed by atoms with E-state index in [1.165, 1.54) is 0 Å². The van der Waals surface area contributed by atoms with Crippen LogP contribution in [0.3, 0.4) is 0 Å². The molecular weight excluding hydrogens is 309 g/mol. The molecular formula is C10H20INO3. The zero-order valence-corrected chi connectivity index (χ0v) is 12.0. The summed E-state index contributed by atoms with van der Waals surface area (Å²) in [5, 5.41) is 2.78. The summed E-state index contributed by atoms with van der Waals surface area (Å²) in [4.78, 5) is 11.4. The van der Waals surface area contributed by atoms with Gasteiger partial charge in [0.1, 0.15) is 5.60 Å². The van der Waals surface area contributed by atoms with Gasteiger partial charge in [-0.15, -0.1) is 0 Å². The highest BCUT2D eigenvalue weighted by atomic mass is 127. The van der Waals surface area contributed by atoms with E-state index in [9.17, 15) is 4.79 Å². The third-order valence-corrected chi connectivity index (χ3v) is 2.17. The van der Waals surface area contributed by atoms with Gasteiger partial charge in [0.25, 0.3) is 0 Å². The summed E-state index contributed by atoms with van der Waals surface area (Å²) in [6, 6.07) is 0.0294. The first-order valence-electron chi connectivity index (χ1n) is 4.93. The van der Waals surface area contributed by atoms with E-state index in [2.05, 4.69) is 27.9 Å². The quantitative estimate of drug-likeness (QED) is 0.622. The van der Waals surface area contributed by atoms with Gasteiger partial charge in [-0.05, 0) is 27.2 Å². The minimum absolute atomic E-state index is 0.0294. The molecule has 0 aromatic rings. The van der Waals surface area contributed by atoms with Crippen LogP contribution in [-0.2, 0) is 9.47 Å². The molecule has 0 aromatic carbocycles. The summed E-state index contributed by atoms with van der Waals surface area (Å²) in [6.07, 6.45) is 0.502. The lowest BCUT2D eigenvalue weighted by atomic mass is 10.2. The van der Waals surface area contributed by atoms with E-state index in [1.54, 1.807) is 7.11 Å². The number of hydrogen-bond donors (Lipinski definition) is 1. The Bertz CT molecular complexity index is 186. The minimum Gasteiger partial charge on any atom is -0.444 e. The van der Waals surface area contributed by atoms with Crippen LogP contribution in [-0.4, -0.2) is 35.9 Å². The molecule has 0 saturated heterocycles. The number of carbonyl (C=O) groups is 1. The minimum atomic E-state index is -0.452. The molecule has 0 spiro atoms. The van der Waals surface area contributed by atoms with Crippen molar-refractivity contribution in [3.05, 3.63) is 0 Å². The maximum Gasteiger partial charge on any atom is 0.407 e. The molecule has 1 unspecified atom stereocenters. The van der Waals surface area contributed by atoms with Crippen molar-refractivity contribution in [3.8, 4) is 0 Å². The normalized spacial score (nSPS) is 13.4. The van der Waals surface area contributed by atoms with Crippen LogP contribution in [0.4, 0.5) is 4.79 Å². The summed E-state index contributed by atoms with van der Waals surface area (Å²) in [6.45, 7) is 6.05. The number of nitrogens with one attached hydrogen (secondary N) is 1. The first-order valence-corrected chi connectivity index (χ1v) is 6.46. The Morgan fingerprint density at radius 2 is 2.07 bits per heavy atom. The molecule has 1 amide bonds. The van der Waals surface area contributed by atoms with Crippen LogP contribution in [0.2, 0.25) is 0 Å². The number of rotatable bonds is 5. The molecule has 0 saturated carbocycles. The lowest BCUT2D eigenvalue weighted by Crippen LogP contribution is -2.41. The second-order valence-electron chi connectivity index (χ2n) is 4.28. The van der Waals surface area contributed by atoms with Gasteiger partial charge in [0.05, 0.1) is 12.6 Å². The average molecular weight is 329 g/mol. The molecule has 5 heteroatoms. The van der Waals surface area contributed by atoms with Crippen molar-refractivity contribution >= 4 is 28.7 Å². The first-order chi connectivity index (χ1) is 6.89. The third-order valence-electron chi connectivity index (χ3n) is 1.55. The van der Waals surface area contributed by atoms with Crippen molar-refractivity contribution in [1.82, 2.24) is 5.32 Å². The number of amides is 1. The fraction of sp³-hybridized carbons (Fsp3) is 0.900. The van der Waals surface area contributed by atoms with E-state index < -0.39 is 5.60 Å². The monoisotopic (exact) mass is 329 g/mol. The van der Waals surface area contributed by atoms with Gasteiger partial charge in [0, 0.05) is 11.5 Å². The highest BCUT2D eigenvalue weighted by Gasteiger charge is 2.18. The van der Waals surface area contributed by atoms with Crippen LogP contribution in [0, 0.1) is 0 Å². The van der Waals surface area contributed by atoms with E-state index in [1.807, 2.05) is 20.8 Å². The predicted octanol–water partition coefficient (Wildman–Crippen LogP) is 2.35. The van der Waals surface area contributed by atoms with Crippen LogP contribution in [0.15, 0.2) is 0 Å². The zero-order chi connectivity index (χ0) is 11.9. The zero-order valence-electron chi connectivity index (χ0n) is 9.80. The molecule has 1 atom stereocenters. The number of hydrogen-bond acceptors (Lipinski definition) is 3. The Morgan fingerprint density at radius 1 is 1.47 bits per heavy atom. The summed E-state index contributed by atoms with van der Waals surface area (Å²) in [5.74, 6) is 0. The first kappa shape index (κ1) is 15.0. The Labute approximate surface area is 105 Å². The van der Waals surface area contributed by atoms with E-state index in [0.717, 1.165) is 10.8 Å². The predicted molar refractivity (Wildman–Crippen MR) is 68.5 cm³/mol. The van der Waals surface area contributed by atoms with Gasteiger partial charge in [-0.2, -0.15) is 0 Å². The maximum atomic E-state index is 11.4. The molecule has 0 bridgehead atoms. The topological polar surface area (TPSA) is 47.6 Å². The molecule has 0 aliphatic heterocycles. The Morgan fingerprint density at radius 3 is 2.47 bits per heavy atom. The number of methoxy groups -OCH3 is 1. The van der Waals surface area contributed by atoms with Crippen LogP contribution < -0.4 is 5.32 Å². The van der Waals surface area contributed by atoms with E-state index in [4.69, 9.17) is 9.47 Å². The highest BCUT2D eigenvalue weighted by Crippen LogP contribution is 2.07. The van der Waals surface area contributed by atoms with Gasteiger partial charge < -0.3 is 14.8 Å². The molecule has 0 aliphatic rings. The Balaban J connectivity index is 3.99. The molecule has 4 nitrogen and oxygen atoms in total. The van der Waals surface area contributed by atoms with Crippen molar-refractivity contribution in [2.24, 2.45) is 0 Å². The molecule has 15 heavy (non-hydrogen) atoms. The number of ether oxygens (including phenoxy) is 2. The smallest absolute Gasteiger partial charge is 0.407 e. The van der Waals surface area contributed by atoms with E-state index in [0.29, 0.717) is 6.61 Å². The van der Waals surface area contributed by atoms with Crippen molar-refractivity contribution in [2.45, 2.75) is 38.8 Å². The van der Waals surface area contributed by atoms with Crippen molar-refractivity contribution in [3.63, 3.8) is 0 Å².